The lowest BCUT2D eigenvalue weighted by Gasteiger charge is -2.44. The van der Waals surface area contributed by atoms with Crippen LogP contribution >= 0.6 is 0 Å². The third-order valence-corrected chi connectivity index (χ3v) is 6.49. The standard InChI is InChI=1S/C26H34N4O6/c1-34-23-5-3-2-4-21(23)29-26(33)30-15-19(31)16-35-17-24-22(30)7-6-20(36-24)14-25(32)28-13-10-18-8-11-27-12-9-18/h2-5,8-9,11-12,19-20,22,24,31H,6-7,10,13-17H2,1H3,(H,28,32)(H,29,33)/t19-,20+,22+,24-/m1/s1. The van der Waals surface area contributed by atoms with E-state index in [-0.39, 0.29) is 50.3 Å². The maximum atomic E-state index is 13.3. The van der Waals surface area contributed by atoms with Crippen LogP contribution in [-0.2, 0) is 20.7 Å². The summed E-state index contributed by atoms with van der Waals surface area (Å²) in [6.45, 7) is 0.997. The van der Waals surface area contributed by atoms with E-state index >= 15 is 0 Å². The number of anilines is 1. The second-order valence-corrected chi connectivity index (χ2v) is 9.07. The summed E-state index contributed by atoms with van der Waals surface area (Å²) < 4.78 is 17.2. The van der Waals surface area contributed by atoms with Gasteiger partial charge in [0.25, 0.3) is 0 Å². The molecule has 0 bridgehead atoms. The number of nitrogens with one attached hydrogen (secondary N) is 2. The zero-order chi connectivity index (χ0) is 25.3. The van der Waals surface area contributed by atoms with E-state index in [9.17, 15) is 14.7 Å². The maximum absolute atomic E-state index is 13.3. The molecule has 4 atom stereocenters. The number of aliphatic hydroxyl groups excluding tert-OH is 1. The van der Waals surface area contributed by atoms with E-state index in [2.05, 4.69) is 15.6 Å². The van der Waals surface area contributed by atoms with E-state index in [1.807, 2.05) is 24.3 Å². The third kappa shape index (κ3) is 6.93. The van der Waals surface area contributed by atoms with Gasteiger partial charge in [-0.05, 0) is 49.1 Å². The summed E-state index contributed by atoms with van der Waals surface area (Å²) in [5.74, 6) is 0.480. The Morgan fingerprint density at radius 2 is 1.97 bits per heavy atom. The molecule has 0 aliphatic carbocycles. The van der Waals surface area contributed by atoms with Gasteiger partial charge in [0, 0.05) is 18.9 Å². The van der Waals surface area contributed by atoms with Crippen LogP contribution in [0.25, 0.3) is 0 Å². The number of pyridine rings is 1. The molecule has 0 spiro atoms. The monoisotopic (exact) mass is 498 g/mol. The average molecular weight is 499 g/mol. The SMILES string of the molecule is COc1ccccc1NC(=O)N1C[C@@H](O)COC[C@H]2O[C@H](CC(=O)NCCc3ccncc3)CC[C@@H]21. The minimum absolute atomic E-state index is 0.0690. The summed E-state index contributed by atoms with van der Waals surface area (Å²) in [6, 6.07) is 10.4. The lowest BCUT2D eigenvalue weighted by Crippen LogP contribution is -2.58. The smallest absolute Gasteiger partial charge is 0.322 e. The van der Waals surface area contributed by atoms with Crippen molar-refractivity contribution in [3.63, 3.8) is 0 Å². The van der Waals surface area contributed by atoms with Crippen molar-refractivity contribution in [2.75, 3.05) is 38.7 Å². The van der Waals surface area contributed by atoms with Crippen molar-refractivity contribution in [2.45, 2.75) is 50.0 Å². The molecule has 2 aromatic rings. The Morgan fingerprint density at radius 3 is 2.78 bits per heavy atom. The Kier molecular flexibility index (Phi) is 9.10. The van der Waals surface area contributed by atoms with Crippen molar-refractivity contribution in [1.82, 2.24) is 15.2 Å². The fourth-order valence-electron chi connectivity index (χ4n) is 4.68. The highest BCUT2D eigenvalue weighted by Gasteiger charge is 2.40. The molecule has 4 rings (SSSR count). The van der Waals surface area contributed by atoms with Gasteiger partial charge >= 0.3 is 6.03 Å². The first kappa shape index (κ1) is 25.9. The first-order chi connectivity index (χ1) is 17.5. The molecule has 3 N–H and O–H groups in total. The van der Waals surface area contributed by atoms with Gasteiger partial charge in [0.15, 0.2) is 0 Å². The van der Waals surface area contributed by atoms with Gasteiger partial charge in [0.05, 0.1) is 57.2 Å². The molecule has 0 saturated carbocycles. The van der Waals surface area contributed by atoms with E-state index in [0.717, 1.165) is 12.0 Å². The summed E-state index contributed by atoms with van der Waals surface area (Å²) in [5, 5.41) is 16.2. The molecule has 2 saturated heterocycles. The predicted molar refractivity (Wildman–Crippen MR) is 133 cm³/mol. The number of carbonyl (C=O) groups excluding carboxylic acids is 2. The second-order valence-electron chi connectivity index (χ2n) is 9.07. The first-order valence-corrected chi connectivity index (χ1v) is 12.3. The number of carbonyl (C=O) groups is 2. The molecule has 2 fully saturated rings. The zero-order valence-corrected chi connectivity index (χ0v) is 20.5. The molecule has 0 radical (unpaired) electrons. The number of nitrogens with zero attached hydrogens (tertiary/aromatic N) is 2. The molecule has 10 heteroatoms. The van der Waals surface area contributed by atoms with Crippen molar-refractivity contribution in [1.29, 1.82) is 0 Å². The van der Waals surface area contributed by atoms with Crippen molar-refractivity contribution >= 4 is 17.6 Å². The number of aromatic nitrogens is 1. The van der Waals surface area contributed by atoms with Gasteiger partial charge in [-0.1, -0.05) is 12.1 Å². The largest absolute Gasteiger partial charge is 0.495 e. The normalized spacial score (nSPS) is 24.1. The van der Waals surface area contributed by atoms with Gasteiger partial charge in [-0.15, -0.1) is 0 Å². The number of amides is 3. The van der Waals surface area contributed by atoms with Crippen LogP contribution in [0.15, 0.2) is 48.8 Å². The van der Waals surface area contributed by atoms with Crippen LogP contribution in [0.2, 0.25) is 0 Å². The summed E-state index contributed by atoms with van der Waals surface area (Å²) in [6.07, 6.45) is 4.23. The highest BCUT2D eigenvalue weighted by Crippen LogP contribution is 2.29. The van der Waals surface area contributed by atoms with Crippen LogP contribution in [0.4, 0.5) is 10.5 Å². The van der Waals surface area contributed by atoms with Crippen LogP contribution in [0.3, 0.4) is 0 Å². The van der Waals surface area contributed by atoms with Gasteiger partial charge in [0.1, 0.15) is 11.9 Å². The van der Waals surface area contributed by atoms with E-state index < -0.39 is 12.2 Å². The van der Waals surface area contributed by atoms with E-state index in [1.54, 1.807) is 36.5 Å². The summed E-state index contributed by atoms with van der Waals surface area (Å²) in [4.78, 5) is 31.4. The van der Waals surface area contributed by atoms with Crippen LogP contribution in [0.5, 0.6) is 5.75 Å². The number of urea groups is 1. The topological polar surface area (TPSA) is 122 Å². The van der Waals surface area contributed by atoms with Crippen molar-refractivity contribution in [3.05, 3.63) is 54.4 Å². The highest BCUT2D eigenvalue weighted by molar-refractivity contribution is 5.91. The Balaban J connectivity index is 1.34. The number of benzene rings is 1. The number of fused-ring (bicyclic) bond motifs is 1. The molecule has 2 aliphatic rings. The first-order valence-electron chi connectivity index (χ1n) is 12.3. The number of para-hydroxylation sites is 2. The Bertz CT molecular complexity index is 1010. The van der Waals surface area contributed by atoms with Crippen LogP contribution < -0.4 is 15.4 Å². The van der Waals surface area contributed by atoms with Crippen molar-refractivity contribution in [2.24, 2.45) is 0 Å². The van der Waals surface area contributed by atoms with Crippen LogP contribution in [0.1, 0.15) is 24.8 Å². The van der Waals surface area contributed by atoms with Crippen LogP contribution in [-0.4, -0.2) is 84.7 Å². The molecule has 36 heavy (non-hydrogen) atoms. The highest BCUT2D eigenvalue weighted by atomic mass is 16.5. The van der Waals surface area contributed by atoms with Crippen LogP contribution in [0, 0.1) is 0 Å². The molecule has 1 aromatic carbocycles. The number of rotatable bonds is 7. The Morgan fingerprint density at radius 1 is 1.17 bits per heavy atom. The number of aliphatic hydroxyl groups is 1. The molecule has 194 valence electrons. The van der Waals surface area contributed by atoms with E-state index in [0.29, 0.717) is 30.8 Å². The summed E-state index contributed by atoms with van der Waals surface area (Å²) >= 11 is 0. The quantitative estimate of drug-likeness (QED) is 0.534. The molecule has 10 nitrogen and oxygen atoms in total. The van der Waals surface area contributed by atoms with Crippen molar-refractivity contribution < 1.29 is 28.9 Å². The zero-order valence-electron chi connectivity index (χ0n) is 20.5. The van der Waals surface area contributed by atoms with Gasteiger partial charge in [0.2, 0.25) is 5.91 Å². The lowest BCUT2D eigenvalue weighted by atomic mass is 9.95. The minimum Gasteiger partial charge on any atom is -0.495 e. The second kappa shape index (κ2) is 12.7. The number of β-amino-alcohol motifs (C(OH)–C–C–N with tert-alkyl or cyclic N) is 1. The molecule has 3 heterocycles. The maximum Gasteiger partial charge on any atom is 0.322 e. The summed E-state index contributed by atoms with van der Waals surface area (Å²) in [7, 11) is 1.54. The Hall–Kier alpha value is -3.21. The fourth-order valence-corrected chi connectivity index (χ4v) is 4.68. The number of methoxy groups -OCH3 is 1. The summed E-state index contributed by atoms with van der Waals surface area (Å²) in [5.41, 5.74) is 1.66. The molecule has 0 unspecified atom stereocenters. The van der Waals surface area contributed by atoms with Gasteiger partial charge in [-0.2, -0.15) is 0 Å². The molecule has 2 aliphatic heterocycles. The average Bonchev–Trinajstić information content (AvgIpc) is 2.87. The lowest BCUT2D eigenvalue weighted by molar-refractivity contribution is -0.149. The van der Waals surface area contributed by atoms with Gasteiger partial charge in [-0.25, -0.2) is 4.79 Å². The van der Waals surface area contributed by atoms with Gasteiger partial charge < -0.3 is 34.9 Å². The number of ether oxygens (including phenoxy) is 3. The molecular formula is C26H34N4O6. The molecule has 1 aromatic heterocycles. The minimum atomic E-state index is -0.807. The van der Waals surface area contributed by atoms with Crippen molar-refractivity contribution in [3.8, 4) is 5.75 Å². The fraction of sp³-hybridized carbons (Fsp3) is 0.500. The predicted octanol–water partition coefficient (Wildman–Crippen LogP) is 1.98. The third-order valence-electron chi connectivity index (χ3n) is 6.49. The molecule has 3 amide bonds. The van der Waals surface area contributed by atoms with Gasteiger partial charge in [-0.3, -0.25) is 9.78 Å². The van der Waals surface area contributed by atoms with E-state index in [4.69, 9.17) is 14.2 Å². The van der Waals surface area contributed by atoms with E-state index in [1.165, 1.54) is 0 Å². The molecular weight excluding hydrogens is 464 g/mol. The number of hydrogen-bond donors (Lipinski definition) is 3. The number of hydrogen-bond acceptors (Lipinski definition) is 7. The Labute approximate surface area is 210 Å².